The summed E-state index contributed by atoms with van der Waals surface area (Å²) in [5, 5.41) is 14.8. The molecular weight excluding hydrogens is 460 g/mol. The van der Waals surface area contributed by atoms with Crippen LogP contribution < -0.4 is 9.64 Å². The minimum atomic E-state index is -1.03. The van der Waals surface area contributed by atoms with Crippen molar-refractivity contribution < 1.29 is 24.1 Å². The van der Waals surface area contributed by atoms with Gasteiger partial charge in [-0.2, -0.15) is 0 Å². The van der Waals surface area contributed by atoms with Gasteiger partial charge < -0.3 is 19.3 Å². The molecule has 1 aromatic heterocycles. The summed E-state index contributed by atoms with van der Waals surface area (Å²) in [5.74, 6) is 0.363. The van der Waals surface area contributed by atoms with E-state index in [2.05, 4.69) is 18.7 Å². The molecule has 2 aliphatic rings. The minimum absolute atomic E-state index is 0.222. The van der Waals surface area contributed by atoms with Crippen LogP contribution in [0, 0.1) is 0 Å². The fraction of sp³-hybridized carbons (Fsp3) is 0.630. The number of methoxy groups -OCH3 is 1. The Labute approximate surface area is 213 Å². The van der Waals surface area contributed by atoms with Gasteiger partial charge in [0.2, 0.25) is 0 Å². The molecule has 198 valence electrons. The van der Waals surface area contributed by atoms with Gasteiger partial charge in [-0.25, -0.2) is 4.79 Å². The zero-order valence-electron chi connectivity index (χ0n) is 21.7. The van der Waals surface area contributed by atoms with Gasteiger partial charge in [0.15, 0.2) is 0 Å². The molecule has 0 spiro atoms. The van der Waals surface area contributed by atoms with E-state index < -0.39 is 6.09 Å². The lowest BCUT2D eigenvalue weighted by Crippen LogP contribution is -2.51. The summed E-state index contributed by atoms with van der Waals surface area (Å²) in [4.78, 5) is 16.2. The maximum Gasteiger partial charge on any atom is 0.412 e. The number of hydrogen-bond donors (Lipinski definition) is 1. The van der Waals surface area contributed by atoms with E-state index in [0.717, 1.165) is 44.3 Å². The Morgan fingerprint density at radius 3 is 2.39 bits per heavy atom. The molecule has 1 aromatic carbocycles. The van der Waals surface area contributed by atoms with Crippen LogP contribution >= 0.6 is 0 Å². The molecule has 0 bridgehead atoms. The molecule has 1 aliphatic carbocycles. The Morgan fingerprint density at radius 2 is 1.75 bits per heavy atom. The van der Waals surface area contributed by atoms with Gasteiger partial charge in [0.1, 0.15) is 5.69 Å². The number of morpholine rings is 1. The number of rotatable bonds is 10. The molecule has 2 aromatic rings. The van der Waals surface area contributed by atoms with Crippen molar-refractivity contribution in [1.29, 1.82) is 0 Å². The van der Waals surface area contributed by atoms with Crippen LogP contribution in [0.5, 0.6) is 5.88 Å². The highest BCUT2D eigenvalue weighted by Crippen LogP contribution is 2.36. The molecule has 1 amide bonds. The van der Waals surface area contributed by atoms with Crippen molar-refractivity contribution in [3.05, 3.63) is 42.1 Å². The van der Waals surface area contributed by atoms with E-state index in [1.165, 1.54) is 4.90 Å². The van der Waals surface area contributed by atoms with Crippen molar-refractivity contribution in [1.82, 2.24) is 14.7 Å². The standard InChI is InChI=1S/C27H40N4O5/c1-20-16-29(17-21(2)36-20)23-10-12-24(13-11-23)31-19-25(26(28-31)35-15-7-14-34-3)30(27(32)33)18-22-8-5-4-6-9-22/h4-6,8-9,19-21,23-24H,7,10-18H2,1-3H3,(H,32,33)/t20-,21+,23?,24?. The van der Waals surface area contributed by atoms with Crippen LogP contribution in [0.3, 0.4) is 0 Å². The first-order chi connectivity index (χ1) is 17.4. The van der Waals surface area contributed by atoms with E-state index in [0.29, 0.717) is 37.2 Å². The molecule has 1 aliphatic heterocycles. The number of amides is 1. The quantitative estimate of drug-likeness (QED) is 0.478. The Bertz CT molecular complexity index is 950. The van der Waals surface area contributed by atoms with Gasteiger partial charge in [-0.15, -0.1) is 5.10 Å². The van der Waals surface area contributed by atoms with E-state index in [9.17, 15) is 9.90 Å². The van der Waals surface area contributed by atoms with Crippen molar-refractivity contribution in [3.63, 3.8) is 0 Å². The largest absolute Gasteiger partial charge is 0.475 e. The normalized spacial score (nSPS) is 25.0. The van der Waals surface area contributed by atoms with E-state index in [1.54, 1.807) is 7.11 Å². The van der Waals surface area contributed by atoms with Crippen molar-refractivity contribution in [3.8, 4) is 5.88 Å². The second kappa shape index (κ2) is 12.6. The first kappa shape index (κ1) is 26.4. The van der Waals surface area contributed by atoms with E-state index in [-0.39, 0.29) is 24.8 Å². The second-order valence-corrected chi connectivity index (χ2v) is 10.0. The molecule has 2 fully saturated rings. The monoisotopic (exact) mass is 500 g/mol. The summed E-state index contributed by atoms with van der Waals surface area (Å²) >= 11 is 0. The highest BCUT2D eigenvalue weighted by Gasteiger charge is 2.33. The fourth-order valence-corrected chi connectivity index (χ4v) is 5.44. The molecule has 9 nitrogen and oxygen atoms in total. The average molecular weight is 501 g/mol. The van der Waals surface area contributed by atoms with Gasteiger partial charge in [-0.3, -0.25) is 14.5 Å². The van der Waals surface area contributed by atoms with Crippen LogP contribution in [0.4, 0.5) is 10.5 Å². The van der Waals surface area contributed by atoms with Crippen LogP contribution in [0.15, 0.2) is 36.5 Å². The number of aromatic nitrogens is 2. The van der Waals surface area contributed by atoms with Crippen molar-refractivity contribution in [2.45, 2.75) is 76.8 Å². The zero-order chi connectivity index (χ0) is 25.5. The molecule has 1 saturated carbocycles. The van der Waals surface area contributed by atoms with Crippen LogP contribution in [0.1, 0.15) is 57.6 Å². The van der Waals surface area contributed by atoms with E-state index in [4.69, 9.17) is 19.3 Å². The number of benzene rings is 1. The Balaban J connectivity index is 1.48. The maximum atomic E-state index is 12.3. The first-order valence-electron chi connectivity index (χ1n) is 13.1. The number of carboxylic acid groups (broad SMARTS) is 1. The number of nitrogens with zero attached hydrogens (tertiary/aromatic N) is 4. The molecule has 1 saturated heterocycles. The van der Waals surface area contributed by atoms with Crippen LogP contribution in [0.2, 0.25) is 0 Å². The Morgan fingerprint density at radius 1 is 1.08 bits per heavy atom. The van der Waals surface area contributed by atoms with E-state index >= 15 is 0 Å². The minimum Gasteiger partial charge on any atom is -0.475 e. The molecular formula is C27H40N4O5. The lowest BCUT2D eigenvalue weighted by Gasteiger charge is -2.42. The number of ether oxygens (including phenoxy) is 3. The third kappa shape index (κ3) is 6.78. The Hall–Kier alpha value is -2.62. The van der Waals surface area contributed by atoms with Crippen molar-refractivity contribution in [2.75, 3.05) is 38.3 Å². The SMILES string of the molecule is COCCCOc1nn(C2CCC(N3C[C@@H](C)O[C@@H](C)C3)CC2)cc1N(Cc1ccccc1)C(=O)O. The summed E-state index contributed by atoms with van der Waals surface area (Å²) in [6.07, 6.45) is 6.25. The first-order valence-corrected chi connectivity index (χ1v) is 13.1. The summed E-state index contributed by atoms with van der Waals surface area (Å²) in [6.45, 7) is 7.49. The summed E-state index contributed by atoms with van der Waals surface area (Å²) in [5.41, 5.74) is 1.40. The van der Waals surface area contributed by atoms with Gasteiger partial charge in [0, 0.05) is 39.3 Å². The predicted molar refractivity (Wildman–Crippen MR) is 138 cm³/mol. The molecule has 2 atom stereocenters. The van der Waals surface area contributed by atoms with Crippen molar-refractivity contribution >= 4 is 11.8 Å². The molecule has 1 N–H and O–H groups in total. The maximum absolute atomic E-state index is 12.3. The number of anilines is 1. The topological polar surface area (TPSA) is 89.3 Å². The van der Waals surface area contributed by atoms with Gasteiger partial charge in [-0.05, 0) is 45.1 Å². The fourth-order valence-electron chi connectivity index (χ4n) is 5.44. The van der Waals surface area contributed by atoms with Crippen LogP contribution in [-0.4, -0.2) is 77.5 Å². The van der Waals surface area contributed by atoms with Gasteiger partial charge in [0.25, 0.3) is 5.88 Å². The van der Waals surface area contributed by atoms with Crippen LogP contribution in [0.25, 0.3) is 0 Å². The predicted octanol–water partition coefficient (Wildman–Crippen LogP) is 4.58. The zero-order valence-corrected chi connectivity index (χ0v) is 21.7. The highest BCUT2D eigenvalue weighted by molar-refractivity contribution is 5.87. The Kier molecular flexibility index (Phi) is 9.23. The molecule has 9 heteroatoms. The van der Waals surface area contributed by atoms with Crippen molar-refractivity contribution in [2.24, 2.45) is 0 Å². The number of hydrogen-bond acceptors (Lipinski definition) is 6. The molecule has 4 rings (SSSR count). The molecule has 2 heterocycles. The summed E-state index contributed by atoms with van der Waals surface area (Å²) in [6, 6.07) is 10.4. The van der Waals surface area contributed by atoms with Gasteiger partial charge in [0.05, 0.1) is 37.6 Å². The van der Waals surface area contributed by atoms with Gasteiger partial charge >= 0.3 is 6.09 Å². The number of carbonyl (C=O) groups is 1. The lowest BCUT2D eigenvalue weighted by molar-refractivity contribution is -0.0852. The summed E-state index contributed by atoms with van der Waals surface area (Å²) < 4.78 is 19.0. The van der Waals surface area contributed by atoms with E-state index in [1.807, 2.05) is 41.2 Å². The summed E-state index contributed by atoms with van der Waals surface area (Å²) in [7, 11) is 1.65. The third-order valence-electron chi connectivity index (χ3n) is 7.12. The lowest BCUT2D eigenvalue weighted by atomic mass is 9.89. The van der Waals surface area contributed by atoms with Crippen LogP contribution in [-0.2, 0) is 16.0 Å². The molecule has 0 unspecified atom stereocenters. The highest BCUT2D eigenvalue weighted by atomic mass is 16.5. The smallest absolute Gasteiger partial charge is 0.412 e. The van der Waals surface area contributed by atoms with Gasteiger partial charge in [-0.1, -0.05) is 30.3 Å². The molecule has 36 heavy (non-hydrogen) atoms. The molecule has 0 radical (unpaired) electrons. The third-order valence-corrected chi connectivity index (χ3v) is 7.12. The second-order valence-electron chi connectivity index (χ2n) is 10.0. The average Bonchev–Trinajstić information content (AvgIpc) is 3.29.